The SMILES string of the molecule is C1=CCCN2CCCNC2=C1.Cl. The van der Waals surface area contributed by atoms with Gasteiger partial charge in [-0.2, -0.15) is 0 Å². The first-order chi connectivity index (χ1) is 5.47. The Balaban J connectivity index is 0.000000720. The third kappa shape index (κ3) is 1.95. The Hall–Kier alpha value is -0.630. The molecule has 2 aliphatic rings. The minimum Gasteiger partial charge on any atom is -0.372 e. The zero-order valence-corrected chi connectivity index (χ0v) is 7.94. The van der Waals surface area contributed by atoms with Crippen LogP contribution in [0.15, 0.2) is 24.0 Å². The van der Waals surface area contributed by atoms with E-state index in [0.29, 0.717) is 0 Å². The molecule has 3 heteroatoms. The maximum atomic E-state index is 3.40. The summed E-state index contributed by atoms with van der Waals surface area (Å²) in [5, 5.41) is 3.40. The van der Waals surface area contributed by atoms with Crippen LogP contribution in [0, 0.1) is 0 Å². The molecule has 2 heterocycles. The van der Waals surface area contributed by atoms with Crippen LogP contribution >= 0.6 is 12.4 Å². The minimum absolute atomic E-state index is 0. The molecule has 1 N–H and O–H groups in total. The van der Waals surface area contributed by atoms with E-state index in [2.05, 4.69) is 28.4 Å². The monoisotopic (exact) mass is 186 g/mol. The molecule has 0 bridgehead atoms. The maximum absolute atomic E-state index is 3.40. The second kappa shape index (κ2) is 4.41. The van der Waals surface area contributed by atoms with Crippen LogP contribution in [0.3, 0.4) is 0 Å². The molecule has 0 aromatic rings. The van der Waals surface area contributed by atoms with E-state index in [1.807, 2.05) is 0 Å². The molecule has 0 aromatic heterocycles. The van der Waals surface area contributed by atoms with Crippen molar-refractivity contribution in [3.8, 4) is 0 Å². The molecule has 0 aliphatic carbocycles. The molecule has 68 valence electrons. The largest absolute Gasteiger partial charge is 0.372 e. The average Bonchev–Trinajstić information content (AvgIpc) is 2.28. The van der Waals surface area contributed by atoms with Crippen molar-refractivity contribution >= 4 is 12.4 Å². The van der Waals surface area contributed by atoms with Crippen molar-refractivity contribution in [3.63, 3.8) is 0 Å². The molecular weight excluding hydrogens is 172 g/mol. The highest BCUT2D eigenvalue weighted by Gasteiger charge is 2.13. The van der Waals surface area contributed by atoms with E-state index in [-0.39, 0.29) is 12.4 Å². The van der Waals surface area contributed by atoms with Crippen LogP contribution in [0.5, 0.6) is 0 Å². The van der Waals surface area contributed by atoms with E-state index in [1.54, 1.807) is 0 Å². The summed E-state index contributed by atoms with van der Waals surface area (Å²) >= 11 is 0. The predicted molar refractivity (Wildman–Crippen MR) is 53.3 cm³/mol. The fraction of sp³-hybridized carbons (Fsp3) is 0.556. The summed E-state index contributed by atoms with van der Waals surface area (Å²) in [6.45, 7) is 3.53. The van der Waals surface area contributed by atoms with Gasteiger partial charge in [0.1, 0.15) is 5.82 Å². The standard InChI is InChI=1S/C9H14N2.ClH/c1-2-5-9-10-6-4-8-11(9)7-3-1;/h1-2,5,10H,3-4,6-8H2;1H. The van der Waals surface area contributed by atoms with Gasteiger partial charge in [-0.25, -0.2) is 0 Å². The smallest absolute Gasteiger partial charge is 0.101 e. The van der Waals surface area contributed by atoms with Crippen LogP contribution in [0.4, 0.5) is 0 Å². The Morgan fingerprint density at radius 2 is 2.25 bits per heavy atom. The maximum Gasteiger partial charge on any atom is 0.101 e. The summed E-state index contributed by atoms with van der Waals surface area (Å²) in [7, 11) is 0. The fourth-order valence-corrected chi connectivity index (χ4v) is 1.60. The van der Waals surface area contributed by atoms with E-state index < -0.39 is 0 Å². The molecule has 12 heavy (non-hydrogen) atoms. The van der Waals surface area contributed by atoms with Crippen molar-refractivity contribution in [2.75, 3.05) is 19.6 Å². The summed E-state index contributed by atoms with van der Waals surface area (Å²) < 4.78 is 0. The van der Waals surface area contributed by atoms with Crippen molar-refractivity contribution in [3.05, 3.63) is 24.0 Å². The first-order valence-electron chi connectivity index (χ1n) is 4.32. The number of halogens is 1. The number of allylic oxidation sites excluding steroid dienone is 2. The number of hydrogen-bond acceptors (Lipinski definition) is 2. The number of hydrogen-bond donors (Lipinski definition) is 1. The van der Waals surface area contributed by atoms with Gasteiger partial charge in [0.15, 0.2) is 0 Å². The van der Waals surface area contributed by atoms with E-state index in [0.717, 1.165) is 6.54 Å². The van der Waals surface area contributed by atoms with Gasteiger partial charge in [0.05, 0.1) is 0 Å². The number of rotatable bonds is 0. The minimum atomic E-state index is 0. The van der Waals surface area contributed by atoms with E-state index in [1.165, 1.54) is 31.8 Å². The average molecular weight is 187 g/mol. The topological polar surface area (TPSA) is 15.3 Å². The van der Waals surface area contributed by atoms with Crippen LogP contribution in [0.25, 0.3) is 0 Å². The molecule has 0 saturated carbocycles. The van der Waals surface area contributed by atoms with Gasteiger partial charge in [-0.15, -0.1) is 12.4 Å². The fourth-order valence-electron chi connectivity index (χ4n) is 1.60. The lowest BCUT2D eigenvalue weighted by atomic mass is 10.3. The normalized spacial score (nSPS) is 21.3. The second-order valence-electron chi connectivity index (χ2n) is 3.04. The summed E-state index contributed by atoms with van der Waals surface area (Å²) in [5.41, 5.74) is 0. The molecule has 1 fully saturated rings. The third-order valence-electron chi connectivity index (χ3n) is 2.21. The van der Waals surface area contributed by atoms with Crippen LogP contribution in [0.2, 0.25) is 0 Å². The summed E-state index contributed by atoms with van der Waals surface area (Å²) in [6.07, 6.45) is 9.01. The molecule has 0 spiro atoms. The van der Waals surface area contributed by atoms with Crippen molar-refractivity contribution in [1.82, 2.24) is 10.2 Å². The third-order valence-corrected chi connectivity index (χ3v) is 2.21. The molecule has 2 nitrogen and oxygen atoms in total. The summed E-state index contributed by atoms with van der Waals surface area (Å²) in [4.78, 5) is 2.42. The van der Waals surface area contributed by atoms with Crippen molar-refractivity contribution in [1.29, 1.82) is 0 Å². The van der Waals surface area contributed by atoms with E-state index >= 15 is 0 Å². The quantitative estimate of drug-likeness (QED) is 0.617. The molecule has 0 radical (unpaired) electrons. The van der Waals surface area contributed by atoms with Crippen molar-refractivity contribution in [2.45, 2.75) is 12.8 Å². The van der Waals surface area contributed by atoms with Gasteiger partial charge in [-0.1, -0.05) is 12.2 Å². The molecular formula is C9H15ClN2. The molecule has 0 aromatic carbocycles. The Morgan fingerprint density at radius 3 is 3.17 bits per heavy atom. The molecule has 2 aliphatic heterocycles. The van der Waals surface area contributed by atoms with E-state index in [9.17, 15) is 0 Å². The molecule has 0 atom stereocenters. The highest BCUT2D eigenvalue weighted by molar-refractivity contribution is 5.85. The number of fused-ring (bicyclic) bond motifs is 1. The number of nitrogens with zero attached hydrogens (tertiary/aromatic N) is 1. The molecule has 0 amide bonds. The Labute approximate surface area is 79.7 Å². The lowest BCUT2D eigenvalue weighted by Gasteiger charge is -2.31. The highest BCUT2D eigenvalue weighted by atomic mass is 35.5. The second-order valence-corrected chi connectivity index (χ2v) is 3.04. The molecule has 2 rings (SSSR count). The van der Waals surface area contributed by atoms with Gasteiger partial charge in [-0.3, -0.25) is 0 Å². The van der Waals surface area contributed by atoms with Gasteiger partial charge < -0.3 is 10.2 Å². The van der Waals surface area contributed by atoms with Crippen molar-refractivity contribution < 1.29 is 0 Å². The van der Waals surface area contributed by atoms with Crippen molar-refractivity contribution in [2.24, 2.45) is 0 Å². The lowest BCUT2D eigenvalue weighted by Crippen LogP contribution is -2.39. The highest BCUT2D eigenvalue weighted by Crippen LogP contribution is 2.11. The first-order valence-corrected chi connectivity index (χ1v) is 4.32. The first kappa shape index (κ1) is 9.46. The zero-order valence-electron chi connectivity index (χ0n) is 7.12. The lowest BCUT2D eigenvalue weighted by molar-refractivity contribution is 0.288. The van der Waals surface area contributed by atoms with Gasteiger partial charge >= 0.3 is 0 Å². The van der Waals surface area contributed by atoms with Gasteiger partial charge in [0.25, 0.3) is 0 Å². The summed E-state index contributed by atoms with van der Waals surface area (Å²) in [5.74, 6) is 1.31. The van der Waals surface area contributed by atoms with Gasteiger partial charge in [0.2, 0.25) is 0 Å². The van der Waals surface area contributed by atoms with Gasteiger partial charge in [-0.05, 0) is 18.9 Å². The zero-order chi connectivity index (χ0) is 7.52. The predicted octanol–water partition coefficient (Wildman–Crippen LogP) is 1.50. The Kier molecular flexibility index (Phi) is 3.48. The molecule has 1 saturated heterocycles. The van der Waals surface area contributed by atoms with Gasteiger partial charge in [0, 0.05) is 19.6 Å². The van der Waals surface area contributed by atoms with Crippen LogP contribution < -0.4 is 5.32 Å². The number of nitrogens with one attached hydrogen (secondary N) is 1. The van der Waals surface area contributed by atoms with Crippen LogP contribution in [0.1, 0.15) is 12.8 Å². The Morgan fingerprint density at radius 1 is 1.33 bits per heavy atom. The Bertz CT molecular complexity index is 199. The van der Waals surface area contributed by atoms with E-state index in [4.69, 9.17) is 0 Å². The van der Waals surface area contributed by atoms with Crippen LogP contribution in [-0.4, -0.2) is 24.5 Å². The van der Waals surface area contributed by atoms with Crippen LogP contribution in [-0.2, 0) is 0 Å². The molecule has 0 unspecified atom stereocenters. The summed E-state index contributed by atoms with van der Waals surface area (Å²) in [6, 6.07) is 0.